The van der Waals surface area contributed by atoms with Crippen molar-refractivity contribution >= 4 is 44.0 Å². The van der Waals surface area contributed by atoms with Crippen LogP contribution in [0.25, 0.3) is 21.9 Å². The van der Waals surface area contributed by atoms with Gasteiger partial charge in [-0.05, 0) is 54.2 Å². The maximum absolute atomic E-state index is 13.3. The molecule has 0 spiro atoms. The second-order valence-electron chi connectivity index (χ2n) is 7.95. The lowest BCUT2D eigenvalue weighted by Crippen LogP contribution is -2.21. The Morgan fingerprint density at radius 3 is 2.67 bits per heavy atom. The summed E-state index contributed by atoms with van der Waals surface area (Å²) in [6.07, 6.45) is 5.39. The van der Waals surface area contributed by atoms with Crippen molar-refractivity contribution in [2.45, 2.75) is 32.6 Å². The average Bonchev–Trinajstić information content (AvgIpc) is 3.18. The van der Waals surface area contributed by atoms with Gasteiger partial charge in [0.2, 0.25) is 0 Å². The highest BCUT2D eigenvalue weighted by molar-refractivity contribution is 9.10. The van der Waals surface area contributed by atoms with Gasteiger partial charge in [-0.2, -0.15) is 9.78 Å². The number of aromatic hydroxyl groups is 1. The highest BCUT2D eigenvalue weighted by atomic mass is 79.9. The number of hydrogen-bond donors (Lipinski definition) is 1. The number of phenols is 1. The van der Waals surface area contributed by atoms with Crippen LogP contribution in [0.3, 0.4) is 0 Å². The van der Waals surface area contributed by atoms with E-state index in [-0.39, 0.29) is 11.3 Å². The predicted octanol–water partition coefficient (Wildman–Crippen LogP) is 4.70. The van der Waals surface area contributed by atoms with Gasteiger partial charge in [0.05, 0.1) is 35.8 Å². The minimum absolute atomic E-state index is 0.0475. The van der Waals surface area contributed by atoms with E-state index in [0.717, 1.165) is 42.4 Å². The van der Waals surface area contributed by atoms with E-state index in [1.54, 1.807) is 25.1 Å². The van der Waals surface area contributed by atoms with Crippen molar-refractivity contribution in [1.82, 2.24) is 9.66 Å². The summed E-state index contributed by atoms with van der Waals surface area (Å²) in [5.74, 6) is 2.32. The molecule has 33 heavy (non-hydrogen) atoms. The Morgan fingerprint density at radius 2 is 1.91 bits per heavy atom. The number of methoxy groups -OCH3 is 2. The monoisotopic (exact) mass is 511 g/mol. The Labute approximate surface area is 197 Å². The van der Waals surface area contributed by atoms with Crippen molar-refractivity contribution in [3.63, 3.8) is 0 Å². The Hall–Kier alpha value is -3.33. The maximum Gasteiger partial charge on any atom is 0.282 e. The van der Waals surface area contributed by atoms with E-state index in [2.05, 4.69) is 26.0 Å². The van der Waals surface area contributed by atoms with Crippen LogP contribution in [0.15, 0.2) is 37.0 Å². The first-order chi connectivity index (χ1) is 15.9. The molecule has 170 valence electrons. The highest BCUT2D eigenvalue weighted by Crippen LogP contribution is 2.40. The van der Waals surface area contributed by atoms with Gasteiger partial charge in [0, 0.05) is 29.0 Å². The summed E-state index contributed by atoms with van der Waals surface area (Å²) in [5, 5.41) is 16.4. The Bertz CT molecular complexity index is 1500. The molecule has 0 amide bonds. The summed E-state index contributed by atoms with van der Waals surface area (Å²) in [6, 6.07) is 5.03. The van der Waals surface area contributed by atoms with Crippen molar-refractivity contribution in [2.24, 2.45) is 5.10 Å². The molecule has 0 aliphatic heterocycles. The van der Waals surface area contributed by atoms with Gasteiger partial charge >= 0.3 is 0 Å². The Morgan fingerprint density at radius 1 is 1.18 bits per heavy atom. The standard InChI is InChI=1S/C24H22BrN3O5/c1-12-27-17-10-20(32-3)19(31-2)8-14(17)24(30)28(12)26-11-15-22-13-6-4-5-7-18(13)33-21(22)9-16(25)23(15)29/h8-11,29H,4-7H2,1-3H3/b26-11-. The molecule has 5 rings (SSSR count). The number of ether oxygens (including phenoxy) is 2. The Kier molecular flexibility index (Phi) is 5.36. The fourth-order valence-electron chi connectivity index (χ4n) is 4.41. The number of furan rings is 1. The highest BCUT2D eigenvalue weighted by Gasteiger charge is 2.23. The SMILES string of the molecule is COc1cc2nc(C)n(/N=C\c3c(O)c(Br)cc4oc5c(c34)CCCC5)c(=O)c2cc1OC. The lowest BCUT2D eigenvalue weighted by atomic mass is 9.94. The van der Waals surface area contributed by atoms with Crippen LogP contribution in [0.1, 0.15) is 35.6 Å². The normalized spacial score (nSPS) is 13.7. The summed E-state index contributed by atoms with van der Waals surface area (Å²) >= 11 is 3.40. The molecule has 0 atom stereocenters. The summed E-state index contributed by atoms with van der Waals surface area (Å²) in [7, 11) is 3.04. The zero-order valence-electron chi connectivity index (χ0n) is 18.4. The first-order valence-electron chi connectivity index (χ1n) is 10.6. The van der Waals surface area contributed by atoms with E-state index in [4.69, 9.17) is 13.9 Å². The summed E-state index contributed by atoms with van der Waals surface area (Å²) in [6.45, 7) is 1.70. The first-order valence-corrected chi connectivity index (χ1v) is 11.4. The van der Waals surface area contributed by atoms with Gasteiger partial charge in [0.25, 0.3) is 5.56 Å². The van der Waals surface area contributed by atoms with E-state index in [0.29, 0.717) is 43.8 Å². The fourth-order valence-corrected chi connectivity index (χ4v) is 4.83. The fraction of sp³-hybridized carbons (Fsp3) is 0.292. The van der Waals surface area contributed by atoms with Gasteiger partial charge in [-0.25, -0.2) is 4.98 Å². The third kappa shape index (κ3) is 3.47. The van der Waals surface area contributed by atoms with Crippen LogP contribution in [0.5, 0.6) is 17.2 Å². The second-order valence-corrected chi connectivity index (χ2v) is 8.80. The molecule has 0 saturated carbocycles. The van der Waals surface area contributed by atoms with E-state index in [1.165, 1.54) is 25.1 Å². The van der Waals surface area contributed by atoms with Crippen LogP contribution in [-0.4, -0.2) is 35.2 Å². The van der Waals surface area contributed by atoms with Crippen LogP contribution in [0.4, 0.5) is 0 Å². The van der Waals surface area contributed by atoms with Crippen LogP contribution in [0.2, 0.25) is 0 Å². The number of fused-ring (bicyclic) bond motifs is 4. The molecule has 0 radical (unpaired) electrons. The van der Waals surface area contributed by atoms with Crippen molar-refractivity contribution in [1.29, 1.82) is 0 Å². The van der Waals surface area contributed by atoms with Crippen molar-refractivity contribution in [3.8, 4) is 17.2 Å². The number of aromatic nitrogens is 2. The molecule has 2 aromatic carbocycles. The molecule has 4 aromatic rings. The van der Waals surface area contributed by atoms with Crippen LogP contribution in [-0.2, 0) is 12.8 Å². The largest absolute Gasteiger partial charge is 0.506 e. The Balaban J connectivity index is 1.70. The number of rotatable bonds is 4. The molecule has 1 aliphatic rings. The van der Waals surface area contributed by atoms with Crippen molar-refractivity contribution < 1.29 is 19.0 Å². The number of phenolic OH excluding ortho intramolecular Hbond substituents is 1. The molecule has 1 aliphatic carbocycles. The summed E-state index contributed by atoms with van der Waals surface area (Å²) < 4.78 is 18.4. The van der Waals surface area contributed by atoms with Crippen LogP contribution in [0, 0.1) is 6.92 Å². The smallest absolute Gasteiger partial charge is 0.282 e. The molecule has 1 N–H and O–H groups in total. The lowest BCUT2D eigenvalue weighted by molar-refractivity contribution is 0.355. The summed E-state index contributed by atoms with van der Waals surface area (Å²) in [4.78, 5) is 17.8. The lowest BCUT2D eigenvalue weighted by Gasteiger charge is -2.11. The van der Waals surface area contributed by atoms with Crippen molar-refractivity contribution in [2.75, 3.05) is 14.2 Å². The molecule has 0 fully saturated rings. The molecule has 0 unspecified atom stereocenters. The zero-order valence-corrected chi connectivity index (χ0v) is 20.0. The number of hydrogen-bond acceptors (Lipinski definition) is 7. The van der Waals surface area contributed by atoms with Gasteiger partial charge in [-0.1, -0.05) is 0 Å². The average molecular weight is 512 g/mol. The van der Waals surface area contributed by atoms with Gasteiger partial charge in [-0.3, -0.25) is 4.79 Å². The van der Waals surface area contributed by atoms with Gasteiger partial charge in [0.15, 0.2) is 11.5 Å². The number of benzene rings is 2. The van der Waals surface area contributed by atoms with Crippen molar-refractivity contribution in [3.05, 3.63) is 55.7 Å². The third-order valence-electron chi connectivity index (χ3n) is 6.02. The van der Waals surface area contributed by atoms with Gasteiger partial charge in [0.1, 0.15) is 22.9 Å². The van der Waals surface area contributed by atoms with E-state index < -0.39 is 0 Å². The quantitative estimate of drug-likeness (QED) is 0.398. The maximum atomic E-state index is 13.3. The van der Waals surface area contributed by atoms with Gasteiger partial charge < -0.3 is 19.0 Å². The molecule has 2 aromatic heterocycles. The first kappa shape index (κ1) is 21.5. The topological polar surface area (TPSA) is 99.1 Å². The minimum atomic E-state index is -0.352. The summed E-state index contributed by atoms with van der Waals surface area (Å²) in [5.41, 5.74) is 2.42. The van der Waals surface area contributed by atoms with Crippen LogP contribution >= 0.6 is 15.9 Å². The molecule has 9 heteroatoms. The number of halogens is 1. The zero-order chi connectivity index (χ0) is 23.3. The third-order valence-corrected chi connectivity index (χ3v) is 6.63. The molecule has 2 heterocycles. The number of nitrogens with zero attached hydrogens (tertiary/aromatic N) is 3. The van der Waals surface area contributed by atoms with Gasteiger partial charge in [-0.15, -0.1) is 0 Å². The molecule has 8 nitrogen and oxygen atoms in total. The molecular formula is C24H22BrN3O5. The number of aryl methyl sites for hydroxylation is 3. The molecule has 0 bridgehead atoms. The molecular weight excluding hydrogens is 490 g/mol. The minimum Gasteiger partial charge on any atom is -0.506 e. The van der Waals surface area contributed by atoms with E-state index >= 15 is 0 Å². The molecule has 0 saturated heterocycles. The predicted molar refractivity (Wildman–Crippen MR) is 129 cm³/mol. The van der Waals surface area contributed by atoms with Crippen LogP contribution < -0.4 is 15.0 Å². The van der Waals surface area contributed by atoms with E-state index in [1.807, 2.05) is 0 Å². The van der Waals surface area contributed by atoms with E-state index in [9.17, 15) is 9.90 Å². The second kappa shape index (κ2) is 8.22.